The van der Waals surface area contributed by atoms with Gasteiger partial charge in [-0.05, 0) is 48.5 Å². The molecule has 0 unspecified atom stereocenters. The maximum absolute atomic E-state index is 12.8. The second-order valence-corrected chi connectivity index (χ2v) is 10.5. The summed E-state index contributed by atoms with van der Waals surface area (Å²) in [5.41, 5.74) is 1.32. The summed E-state index contributed by atoms with van der Waals surface area (Å²) < 4.78 is 34.0. The lowest BCUT2D eigenvalue weighted by Crippen LogP contribution is -2.40. The van der Waals surface area contributed by atoms with Gasteiger partial charge in [-0.15, -0.1) is 10.2 Å². The third-order valence-electron chi connectivity index (χ3n) is 5.30. The summed E-state index contributed by atoms with van der Waals surface area (Å²) in [5.74, 6) is -0.707. The van der Waals surface area contributed by atoms with Gasteiger partial charge in [0, 0.05) is 31.4 Å². The monoisotopic (exact) mass is 517 g/mol. The van der Waals surface area contributed by atoms with Gasteiger partial charge >= 0.3 is 5.97 Å². The number of anilines is 1. The first kappa shape index (κ1) is 24.9. The first-order valence-electron chi connectivity index (χ1n) is 10.6. The van der Waals surface area contributed by atoms with E-state index in [4.69, 9.17) is 9.84 Å². The summed E-state index contributed by atoms with van der Waals surface area (Å²) in [4.78, 5) is 23.4. The van der Waals surface area contributed by atoms with Crippen LogP contribution in [0.2, 0.25) is 0 Å². The quantitative estimate of drug-likeness (QED) is 0.428. The molecule has 35 heavy (non-hydrogen) atoms. The lowest BCUT2D eigenvalue weighted by molar-refractivity contribution is -0.113. The molecule has 2 heterocycles. The Morgan fingerprint density at radius 1 is 1.06 bits per heavy atom. The average molecular weight is 518 g/mol. The van der Waals surface area contributed by atoms with Crippen LogP contribution in [-0.2, 0) is 26.6 Å². The first-order chi connectivity index (χ1) is 16.8. The lowest BCUT2D eigenvalue weighted by Gasteiger charge is -2.26. The Labute approximate surface area is 206 Å². The van der Waals surface area contributed by atoms with Crippen LogP contribution in [0.15, 0.2) is 58.6 Å². The molecule has 1 aromatic heterocycles. The van der Waals surface area contributed by atoms with Gasteiger partial charge < -0.3 is 19.7 Å². The Kier molecular flexibility index (Phi) is 7.50. The molecule has 0 radical (unpaired) electrons. The Balaban J connectivity index is 1.38. The molecule has 2 N–H and O–H groups in total. The van der Waals surface area contributed by atoms with Crippen LogP contribution in [0.5, 0.6) is 0 Å². The first-order valence-corrected chi connectivity index (χ1v) is 13.0. The fraction of sp³-hybridized carbons (Fsp3) is 0.273. The number of sulfonamides is 1. The van der Waals surface area contributed by atoms with Gasteiger partial charge in [0.05, 0.1) is 29.4 Å². The van der Waals surface area contributed by atoms with E-state index >= 15 is 0 Å². The minimum atomic E-state index is -3.58. The fourth-order valence-electron chi connectivity index (χ4n) is 3.43. The maximum atomic E-state index is 12.8. The van der Waals surface area contributed by atoms with Crippen molar-refractivity contribution >= 4 is 39.3 Å². The number of benzene rings is 2. The number of carboxylic acids is 1. The SMILES string of the molecule is Cn1c(SCC(=O)Nc2ccc(C(=O)O)cc2)nnc1-c1ccc(S(=O)(=O)N2CCOCC2)cc1. The number of ether oxygens (including phenoxy) is 1. The number of amides is 1. The van der Waals surface area contributed by atoms with Gasteiger partial charge in [0.2, 0.25) is 15.9 Å². The molecule has 0 atom stereocenters. The molecule has 1 fully saturated rings. The van der Waals surface area contributed by atoms with Crippen LogP contribution in [0.3, 0.4) is 0 Å². The van der Waals surface area contributed by atoms with Gasteiger partial charge in [-0.3, -0.25) is 4.79 Å². The minimum absolute atomic E-state index is 0.0728. The van der Waals surface area contributed by atoms with Crippen molar-refractivity contribution in [2.24, 2.45) is 7.05 Å². The van der Waals surface area contributed by atoms with Crippen LogP contribution in [0, 0.1) is 0 Å². The predicted molar refractivity (Wildman–Crippen MR) is 129 cm³/mol. The molecule has 0 bridgehead atoms. The van der Waals surface area contributed by atoms with Gasteiger partial charge in [-0.2, -0.15) is 4.31 Å². The van der Waals surface area contributed by atoms with E-state index in [0.717, 1.165) is 0 Å². The van der Waals surface area contributed by atoms with Crippen LogP contribution in [0.25, 0.3) is 11.4 Å². The highest BCUT2D eigenvalue weighted by atomic mass is 32.2. The number of carbonyl (C=O) groups excluding carboxylic acids is 1. The number of carboxylic acid groups (broad SMARTS) is 1. The molecule has 1 amide bonds. The van der Waals surface area contributed by atoms with Crippen molar-refractivity contribution in [1.82, 2.24) is 19.1 Å². The largest absolute Gasteiger partial charge is 0.478 e. The van der Waals surface area contributed by atoms with Gasteiger partial charge in [0.1, 0.15) is 0 Å². The average Bonchev–Trinajstić information content (AvgIpc) is 3.23. The highest BCUT2D eigenvalue weighted by Crippen LogP contribution is 2.25. The number of nitrogens with zero attached hydrogens (tertiary/aromatic N) is 4. The molecule has 11 nitrogen and oxygen atoms in total. The Morgan fingerprint density at radius 3 is 2.34 bits per heavy atom. The zero-order chi connectivity index (χ0) is 25.0. The van der Waals surface area contributed by atoms with Gasteiger partial charge in [0.25, 0.3) is 0 Å². The van der Waals surface area contributed by atoms with E-state index in [1.807, 2.05) is 0 Å². The van der Waals surface area contributed by atoms with Crippen molar-refractivity contribution in [3.8, 4) is 11.4 Å². The zero-order valence-corrected chi connectivity index (χ0v) is 20.4. The minimum Gasteiger partial charge on any atom is -0.478 e. The molecule has 1 aliphatic rings. The summed E-state index contributed by atoms with van der Waals surface area (Å²) in [5, 5.41) is 20.5. The molecule has 2 aromatic carbocycles. The van der Waals surface area contributed by atoms with Gasteiger partial charge in [-0.25, -0.2) is 13.2 Å². The third kappa shape index (κ3) is 5.70. The lowest BCUT2D eigenvalue weighted by atomic mass is 10.2. The number of thioether (sulfide) groups is 1. The van der Waals surface area contributed by atoms with E-state index in [1.165, 1.54) is 40.3 Å². The number of carbonyl (C=O) groups is 2. The summed E-state index contributed by atoms with van der Waals surface area (Å²) in [7, 11) is -1.82. The van der Waals surface area contributed by atoms with E-state index in [1.54, 1.807) is 35.9 Å². The predicted octanol–water partition coefficient (Wildman–Crippen LogP) is 1.93. The number of aromatic carboxylic acids is 1. The highest BCUT2D eigenvalue weighted by molar-refractivity contribution is 7.99. The van der Waals surface area contributed by atoms with Crippen molar-refractivity contribution < 1.29 is 27.9 Å². The second-order valence-electron chi connectivity index (χ2n) is 7.63. The van der Waals surface area contributed by atoms with Crippen LogP contribution < -0.4 is 5.32 Å². The number of rotatable bonds is 8. The summed E-state index contributed by atoms with van der Waals surface area (Å²) in [6.07, 6.45) is 0. The molecule has 4 rings (SSSR count). The van der Waals surface area contributed by atoms with Crippen molar-refractivity contribution in [3.05, 3.63) is 54.1 Å². The van der Waals surface area contributed by atoms with Gasteiger partial charge in [0.15, 0.2) is 11.0 Å². The molecule has 0 aliphatic carbocycles. The molecule has 13 heteroatoms. The second kappa shape index (κ2) is 10.6. The van der Waals surface area contributed by atoms with Crippen molar-refractivity contribution in [2.45, 2.75) is 10.1 Å². The van der Waals surface area contributed by atoms with E-state index in [-0.39, 0.29) is 22.1 Å². The molecule has 1 aliphatic heterocycles. The normalized spacial score (nSPS) is 14.5. The Morgan fingerprint density at radius 2 is 1.71 bits per heavy atom. The Bertz CT molecular complexity index is 1320. The van der Waals surface area contributed by atoms with E-state index in [9.17, 15) is 18.0 Å². The number of aromatic nitrogens is 3. The van der Waals surface area contributed by atoms with Crippen LogP contribution in [-0.4, -0.2) is 76.5 Å². The number of nitrogens with one attached hydrogen (secondary N) is 1. The summed E-state index contributed by atoms with van der Waals surface area (Å²) >= 11 is 1.19. The third-order valence-corrected chi connectivity index (χ3v) is 8.24. The van der Waals surface area contributed by atoms with Crippen molar-refractivity contribution in [2.75, 3.05) is 37.4 Å². The van der Waals surface area contributed by atoms with Crippen molar-refractivity contribution in [1.29, 1.82) is 0 Å². The molecular weight excluding hydrogens is 494 g/mol. The molecular formula is C22H23N5O6S2. The molecule has 0 spiro atoms. The summed E-state index contributed by atoms with van der Waals surface area (Å²) in [6.45, 7) is 1.42. The zero-order valence-electron chi connectivity index (χ0n) is 18.7. The molecule has 0 saturated carbocycles. The van der Waals surface area contributed by atoms with Crippen molar-refractivity contribution in [3.63, 3.8) is 0 Å². The highest BCUT2D eigenvalue weighted by Gasteiger charge is 2.26. The maximum Gasteiger partial charge on any atom is 0.335 e. The van der Waals surface area contributed by atoms with E-state index < -0.39 is 16.0 Å². The smallest absolute Gasteiger partial charge is 0.335 e. The molecule has 1 saturated heterocycles. The standard InChI is InChI=1S/C22H23N5O6S2/c1-26-20(15-4-8-18(9-5-15)35(31,32)27-10-12-33-13-11-27)24-25-22(26)34-14-19(28)23-17-6-2-16(3-7-17)21(29)30/h2-9H,10-14H2,1H3,(H,23,28)(H,29,30). The number of morpholine rings is 1. The van der Waals surface area contributed by atoms with E-state index in [2.05, 4.69) is 15.5 Å². The number of hydrogen-bond acceptors (Lipinski definition) is 8. The van der Waals surface area contributed by atoms with Crippen LogP contribution in [0.4, 0.5) is 5.69 Å². The van der Waals surface area contributed by atoms with Crippen LogP contribution in [0.1, 0.15) is 10.4 Å². The van der Waals surface area contributed by atoms with Gasteiger partial charge in [-0.1, -0.05) is 11.8 Å². The topological polar surface area (TPSA) is 144 Å². The van der Waals surface area contributed by atoms with Crippen LogP contribution >= 0.6 is 11.8 Å². The molecule has 3 aromatic rings. The number of hydrogen-bond donors (Lipinski definition) is 2. The summed E-state index contributed by atoms with van der Waals surface area (Å²) in [6, 6.07) is 12.3. The molecule has 184 valence electrons. The van der Waals surface area contributed by atoms with E-state index in [0.29, 0.717) is 48.5 Å². The Hall–Kier alpha value is -3.26. The fourth-order valence-corrected chi connectivity index (χ4v) is 5.55.